The Labute approximate surface area is 91.9 Å². The van der Waals surface area contributed by atoms with Gasteiger partial charge >= 0.3 is 0 Å². The van der Waals surface area contributed by atoms with Gasteiger partial charge in [0, 0.05) is 22.9 Å². The van der Waals surface area contributed by atoms with E-state index in [0.717, 1.165) is 0 Å². The average molecular weight is 279 g/mol. The van der Waals surface area contributed by atoms with Gasteiger partial charge in [0.25, 0.3) is 0 Å². The van der Waals surface area contributed by atoms with Gasteiger partial charge in [0.2, 0.25) is 10.0 Å². The molecule has 6 heteroatoms. The molecule has 78 valence electrons. The van der Waals surface area contributed by atoms with Crippen molar-refractivity contribution in [2.45, 2.75) is 24.8 Å². The molecule has 0 radical (unpaired) electrons. The fraction of sp³-hybridized carbons (Fsp3) is 0.375. The number of aromatic nitrogens is 1. The molecule has 0 atom stereocenters. The summed E-state index contributed by atoms with van der Waals surface area (Å²) in [7, 11) is -3.42. The SMILES string of the molecule is CC(C)NS(=O)(=O)c1cncc(Br)c1. The standard InChI is InChI=1S/C8H11BrN2O2S/c1-6(2)11-14(12,13)8-3-7(9)4-10-5-8/h3-6,11H,1-2H3. The zero-order chi connectivity index (χ0) is 10.8. The highest BCUT2D eigenvalue weighted by atomic mass is 79.9. The molecule has 0 fully saturated rings. The lowest BCUT2D eigenvalue weighted by molar-refractivity contribution is 0.569. The second-order valence-corrected chi connectivity index (χ2v) is 5.74. The van der Waals surface area contributed by atoms with Gasteiger partial charge in [-0.05, 0) is 35.8 Å². The summed E-state index contributed by atoms with van der Waals surface area (Å²) in [6.07, 6.45) is 2.85. The maximum atomic E-state index is 11.6. The Kier molecular flexibility index (Phi) is 3.63. The highest BCUT2D eigenvalue weighted by molar-refractivity contribution is 9.10. The molecule has 1 aromatic rings. The largest absolute Gasteiger partial charge is 0.262 e. The van der Waals surface area contributed by atoms with Crippen LogP contribution in [-0.2, 0) is 10.0 Å². The van der Waals surface area contributed by atoms with Crippen molar-refractivity contribution >= 4 is 26.0 Å². The molecule has 4 nitrogen and oxygen atoms in total. The predicted molar refractivity (Wildman–Crippen MR) is 57.4 cm³/mol. The molecule has 0 spiro atoms. The summed E-state index contributed by atoms with van der Waals surface area (Å²) < 4.78 is 26.4. The van der Waals surface area contributed by atoms with Crippen molar-refractivity contribution in [1.82, 2.24) is 9.71 Å². The van der Waals surface area contributed by atoms with Gasteiger partial charge in [-0.25, -0.2) is 13.1 Å². The predicted octanol–water partition coefficient (Wildman–Crippen LogP) is 1.53. The van der Waals surface area contributed by atoms with Crippen LogP contribution in [0.3, 0.4) is 0 Å². The Balaban J connectivity index is 3.05. The van der Waals surface area contributed by atoms with Crippen molar-refractivity contribution in [2.75, 3.05) is 0 Å². The van der Waals surface area contributed by atoms with E-state index in [4.69, 9.17) is 0 Å². The number of nitrogens with one attached hydrogen (secondary N) is 1. The van der Waals surface area contributed by atoms with Crippen LogP contribution in [0.2, 0.25) is 0 Å². The van der Waals surface area contributed by atoms with Gasteiger partial charge in [0.1, 0.15) is 4.90 Å². The molecule has 0 amide bonds. The minimum atomic E-state index is -3.42. The number of nitrogens with zero attached hydrogens (tertiary/aromatic N) is 1. The van der Waals surface area contributed by atoms with E-state index in [1.807, 2.05) is 0 Å². The molecular weight excluding hydrogens is 268 g/mol. The number of pyridine rings is 1. The minimum Gasteiger partial charge on any atom is -0.262 e. The Morgan fingerprint density at radius 1 is 1.43 bits per heavy atom. The summed E-state index contributed by atoms with van der Waals surface area (Å²) >= 11 is 3.17. The first kappa shape index (κ1) is 11.6. The van der Waals surface area contributed by atoms with Crippen LogP contribution in [0.15, 0.2) is 27.8 Å². The Bertz CT molecular complexity index is 417. The number of rotatable bonds is 3. The van der Waals surface area contributed by atoms with Crippen molar-refractivity contribution in [3.63, 3.8) is 0 Å². The molecule has 0 saturated carbocycles. The van der Waals surface area contributed by atoms with Crippen molar-refractivity contribution in [3.05, 3.63) is 22.9 Å². The van der Waals surface area contributed by atoms with Crippen molar-refractivity contribution < 1.29 is 8.42 Å². The third-order valence-corrected chi connectivity index (χ3v) is 3.44. The Morgan fingerprint density at radius 3 is 2.57 bits per heavy atom. The molecule has 0 unspecified atom stereocenters. The minimum absolute atomic E-state index is 0.126. The monoisotopic (exact) mass is 278 g/mol. The van der Waals surface area contributed by atoms with Crippen molar-refractivity contribution in [1.29, 1.82) is 0 Å². The molecule has 0 saturated heterocycles. The molecule has 0 bridgehead atoms. The third-order valence-electron chi connectivity index (χ3n) is 1.38. The lowest BCUT2D eigenvalue weighted by atomic mass is 10.4. The van der Waals surface area contributed by atoms with Crippen LogP contribution < -0.4 is 4.72 Å². The van der Waals surface area contributed by atoms with E-state index in [0.29, 0.717) is 4.47 Å². The van der Waals surface area contributed by atoms with Gasteiger partial charge in [-0.15, -0.1) is 0 Å². The quantitative estimate of drug-likeness (QED) is 0.912. The van der Waals surface area contributed by atoms with E-state index >= 15 is 0 Å². The second kappa shape index (κ2) is 4.37. The molecule has 0 aromatic carbocycles. The van der Waals surface area contributed by atoms with Gasteiger partial charge in [-0.3, -0.25) is 4.98 Å². The molecule has 14 heavy (non-hydrogen) atoms. The van der Waals surface area contributed by atoms with E-state index in [2.05, 4.69) is 25.6 Å². The zero-order valence-corrected chi connectivity index (χ0v) is 10.3. The summed E-state index contributed by atoms with van der Waals surface area (Å²) in [5.74, 6) is 0. The third kappa shape index (κ3) is 3.04. The lowest BCUT2D eigenvalue weighted by Gasteiger charge is -2.08. The Morgan fingerprint density at radius 2 is 2.07 bits per heavy atom. The van der Waals surface area contributed by atoms with E-state index in [1.165, 1.54) is 18.5 Å². The van der Waals surface area contributed by atoms with Crippen LogP contribution in [0.5, 0.6) is 0 Å². The number of halogens is 1. The zero-order valence-electron chi connectivity index (χ0n) is 7.86. The van der Waals surface area contributed by atoms with Crippen LogP contribution in [0, 0.1) is 0 Å². The van der Waals surface area contributed by atoms with Gasteiger partial charge in [-0.1, -0.05) is 0 Å². The summed E-state index contributed by atoms with van der Waals surface area (Å²) in [5, 5.41) is 0. The molecular formula is C8H11BrN2O2S. The van der Waals surface area contributed by atoms with E-state index in [9.17, 15) is 8.42 Å². The maximum absolute atomic E-state index is 11.6. The van der Waals surface area contributed by atoms with E-state index in [1.54, 1.807) is 13.8 Å². The van der Waals surface area contributed by atoms with Crippen LogP contribution in [0.4, 0.5) is 0 Å². The highest BCUT2D eigenvalue weighted by Crippen LogP contribution is 2.14. The lowest BCUT2D eigenvalue weighted by Crippen LogP contribution is -2.30. The summed E-state index contributed by atoms with van der Waals surface area (Å²) in [6, 6.07) is 1.39. The fourth-order valence-electron chi connectivity index (χ4n) is 0.918. The van der Waals surface area contributed by atoms with Crippen LogP contribution in [0.1, 0.15) is 13.8 Å². The van der Waals surface area contributed by atoms with Gasteiger partial charge in [0.05, 0.1) is 0 Å². The molecule has 1 aromatic heterocycles. The van der Waals surface area contributed by atoms with Crippen molar-refractivity contribution in [3.8, 4) is 0 Å². The molecule has 0 aliphatic heterocycles. The smallest absolute Gasteiger partial charge is 0.242 e. The van der Waals surface area contributed by atoms with Crippen LogP contribution >= 0.6 is 15.9 Å². The Hall–Kier alpha value is -0.460. The maximum Gasteiger partial charge on any atom is 0.242 e. The molecule has 0 aliphatic carbocycles. The molecule has 1 heterocycles. The normalized spacial score (nSPS) is 12.0. The van der Waals surface area contributed by atoms with Crippen LogP contribution in [-0.4, -0.2) is 19.4 Å². The summed E-state index contributed by atoms with van der Waals surface area (Å²) in [6.45, 7) is 3.53. The van der Waals surface area contributed by atoms with Gasteiger partial charge in [0.15, 0.2) is 0 Å². The molecule has 0 aliphatic rings. The van der Waals surface area contributed by atoms with E-state index in [-0.39, 0.29) is 10.9 Å². The number of hydrogen-bond donors (Lipinski definition) is 1. The van der Waals surface area contributed by atoms with Gasteiger partial charge in [-0.2, -0.15) is 0 Å². The first-order valence-electron chi connectivity index (χ1n) is 4.05. The van der Waals surface area contributed by atoms with Gasteiger partial charge < -0.3 is 0 Å². The van der Waals surface area contributed by atoms with Crippen LogP contribution in [0.25, 0.3) is 0 Å². The molecule has 1 N–H and O–H groups in total. The fourth-order valence-corrected chi connectivity index (χ4v) is 2.67. The molecule has 1 rings (SSSR count). The summed E-state index contributed by atoms with van der Waals surface area (Å²) in [4.78, 5) is 3.96. The highest BCUT2D eigenvalue weighted by Gasteiger charge is 2.15. The second-order valence-electron chi connectivity index (χ2n) is 3.11. The van der Waals surface area contributed by atoms with Crippen molar-refractivity contribution in [2.24, 2.45) is 0 Å². The first-order valence-corrected chi connectivity index (χ1v) is 6.32. The van der Waals surface area contributed by atoms with E-state index < -0.39 is 10.0 Å². The topological polar surface area (TPSA) is 59.1 Å². The number of hydrogen-bond acceptors (Lipinski definition) is 3. The summed E-state index contributed by atoms with van der Waals surface area (Å²) in [5.41, 5.74) is 0. The average Bonchev–Trinajstić information content (AvgIpc) is 2.01. The number of sulfonamides is 1. The first-order chi connectivity index (χ1) is 6.42.